The van der Waals surface area contributed by atoms with Gasteiger partial charge in [-0.15, -0.1) is 0 Å². The van der Waals surface area contributed by atoms with E-state index in [0.29, 0.717) is 37.5 Å². The molecule has 3 N–H and O–H groups in total. The van der Waals surface area contributed by atoms with Gasteiger partial charge in [-0.05, 0) is 43.4 Å². The number of rotatable bonds is 68. The van der Waals surface area contributed by atoms with Gasteiger partial charge >= 0.3 is 39.5 Å². The molecule has 3 unspecified atom stereocenters. The molecular formula is C70H136O17P2. The minimum absolute atomic E-state index is 0.101. The number of hydrogen-bond acceptors (Lipinski definition) is 15. The Morgan fingerprint density at radius 3 is 0.854 bits per heavy atom. The Bertz CT molecular complexity index is 1750. The molecule has 0 aliphatic rings. The predicted molar refractivity (Wildman–Crippen MR) is 358 cm³/mol. The van der Waals surface area contributed by atoms with Crippen molar-refractivity contribution in [2.75, 3.05) is 39.6 Å². The van der Waals surface area contributed by atoms with Crippen LogP contribution < -0.4 is 0 Å². The van der Waals surface area contributed by atoms with Crippen LogP contribution in [0.3, 0.4) is 0 Å². The lowest BCUT2D eigenvalue weighted by Crippen LogP contribution is -2.30. The Morgan fingerprint density at radius 1 is 0.326 bits per heavy atom. The Hall–Kier alpha value is -1.94. The number of carbonyl (C=O) groups excluding carboxylic acids is 4. The monoisotopic (exact) mass is 1310 g/mol. The number of ether oxygens (including phenoxy) is 4. The lowest BCUT2D eigenvalue weighted by molar-refractivity contribution is -0.161. The molecule has 0 spiro atoms. The summed E-state index contributed by atoms with van der Waals surface area (Å²) in [5.74, 6) is 0.0260. The highest BCUT2D eigenvalue weighted by Crippen LogP contribution is 2.45. The fourth-order valence-electron chi connectivity index (χ4n) is 10.5. The van der Waals surface area contributed by atoms with E-state index in [0.717, 1.165) is 102 Å². The molecule has 0 aliphatic carbocycles. The molecule has 17 nitrogen and oxygen atoms in total. The SMILES string of the molecule is CCCCCCCCCCCCCCCCCCCC(=O)O[C@H](COC(=O)CCCCCCCCCCCCC(C)CC)COP(=O)(O)OC[C@@H](O)COP(=O)(O)OC[C@@H](COC(=O)CCCCCCCCC(C)C)OC(=O)CCCCCCCCC(C)C. The van der Waals surface area contributed by atoms with E-state index in [4.69, 9.17) is 37.0 Å². The molecule has 0 aliphatic heterocycles. The van der Waals surface area contributed by atoms with E-state index in [1.807, 2.05) is 0 Å². The molecule has 0 bridgehead atoms. The summed E-state index contributed by atoms with van der Waals surface area (Å²) in [7, 11) is -9.90. The van der Waals surface area contributed by atoms with Crippen molar-refractivity contribution in [3.05, 3.63) is 0 Å². The normalized spacial score (nSPS) is 14.5. The lowest BCUT2D eigenvalue weighted by atomic mass is 9.99. The third kappa shape index (κ3) is 63.2. The van der Waals surface area contributed by atoms with Gasteiger partial charge in [0.2, 0.25) is 0 Å². The summed E-state index contributed by atoms with van der Waals surface area (Å²) in [5.41, 5.74) is 0. The topological polar surface area (TPSA) is 237 Å². The van der Waals surface area contributed by atoms with E-state index >= 15 is 0 Å². The van der Waals surface area contributed by atoms with E-state index in [1.54, 1.807) is 0 Å². The number of esters is 4. The van der Waals surface area contributed by atoms with Crippen molar-refractivity contribution in [2.45, 2.75) is 369 Å². The van der Waals surface area contributed by atoms with Crippen LogP contribution in [0, 0.1) is 17.8 Å². The number of phosphoric ester groups is 2. The van der Waals surface area contributed by atoms with Crippen LogP contribution in [-0.2, 0) is 65.4 Å². The van der Waals surface area contributed by atoms with Crippen molar-refractivity contribution in [1.29, 1.82) is 0 Å². The molecule has 0 amide bonds. The first-order chi connectivity index (χ1) is 42.8. The predicted octanol–water partition coefficient (Wildman–Crippen LogP) is 19.8. The summed E-state index contributed by atoms with van der Waals surface area (Å²) in [6.45, 7) is 11.7. The molecule has 0 saturated carbocycles. The first-order valence-corrected chi connectivity index (χ1v) is 39.4. The van der Waals surface area contributed by atoms with Gasteiger partial charge in [0.05, 0.1) is 26.4 Å². The molecule has 0 aromatic rings. The number of aliphatic hydroxyl groups excluding tert-OH is 1. The van der Waals surface area contributed by atoms with Crippen LogP contribution in [0.25, 0.3) is 0 Å². The molecule has 19 heteroatoms. The summed E-state index contributed by atoms with van der Waals surface area (Å²) in [6, 6.07) is 0. The van der Waals surface area contributed by atoms with Crippen LogP contribution in [0.15, 0.2) is 0 Å². The molecular weight excluding hydrogens is 1170 g/mol. The van der Waals surface area contributed by atoms with Crippen LogP contribution in [0.5, 0.6) is 0 Å². The van der Waals surface area contributed by atoms with Crippen LogP contribution in [0.4, 0.5) is 0 Å². The quantitative estimate of drug-likeness (QED) is 0.0222. The molecule has 0 radical (unpaired) electrons. The lowest BCUT2D eigenvalue weighted by Gasteiger charge is -2.21. The van der Waals surface area contributed by atoms with Crippen molar-refractivity contribution in [3.8, 4) is 0 Å². The van der Waals surface area contributed by atoms with E-state index < -0.39 is 97.5 Å². The summed E-state index contributed by atoms with van der Waals surface area (Å²) in [5, 5.41) is 10.6. The first-order valence-electron chi connectivity index (χ1n) is 36.4. The van der Waals surface area contributed by atoms with Gasteiger partial charge in [0.1, 0.15) is 19.3 Å². The second kappa shape index (κ2) is 61.0. The minimum Gasteiger partial charge on any atom is -0.462 e. The molecule has 6 atom stereocenters. The first kappa shape index (κ1) is 87.1. The number of hydrogen-bond donors (Lipinski definition) is 3. The summed E-state index contributed by atoms with van der Waals surface area (Å²) in [4.78, 5) is 72.4. The molecule has 0 fully saturated rings. The van der Waals surface area contributed by atoms with E-state index in [9.17, 15) is 43.2 Å². The number of aliphatic hydroxyl groups is 1. The van der Waals surface area contributed by atoms with Crippen LogP contribution in [0.1, 0.15) is 350 Å². The number of carbonyl (C=O) groups is 4. The zero-order valence-corrected chi connectivity index (χ0v) is 59.7. The Labute approximate surface area is 543 Å². The maximum Gasteiger partial charge on any atom is 0.472 e. The number of unbranched alkanes of at least 4 members (excludes halogenated alkanes) is 35. The Morgan fingerprint density at radius 2 is 0.573 bits per heavy atom. The van der Waals surface area contributed by atoms with Gasteiger partial charge in [-0.2, -0.15) is 0 Å². The van der Waals surface area contributed by atoms with Gasteiger partial charge < -0.3 is 33.8 Å². The third-order valence-electron chi connectivity index (χ3n) is 16.5. The molecule has 0 rings (SSSR count). The van der Waals surface area contributed by atoms with Crippen LogP contribution >= 0.6 is 15.6 Å². The molecule has 89 heavy (non-hydrogen) atoms. The minimum atomic E-state index is -4.95. The van der Waals surface area contributed by atoms with Gasteiger partial charge in [0.25, 0.3) is 0 Å². The van der Waals surface area contributed by atoms with Crippen LogP contribution in [0.2, 0.25) is 0 Å². The van der Waals surface area contributed by atoms with Crippen molar-refractivity contribution in [1.82, 2.24) is 0 Å². The van der Waals surface area contributed by atoms with Gasteiger partial charge in [-0.1, -0.05) is 299 Å². The summed E-state index contributed by atoms with van der Waals surface area (Å²) >= 11 is 0. The molecule has 528 valence electrons. The molecule has 0 heterocycles. The average molecular weight is 1310 g/mol. The smallest absolute Gasteiger partial charge is 0.462 e. The fourth-order valence-corrected chi connectivity index (χ4v) is 12.1. The van der Waals surface area contributed by atoms with Crippen molar-refractivity contribution < 1.29 is 80.2 Å². The maximum atomic E-state index is 13.0. The van der Waals surface area contributed by atoms with Crippen LogP contribution in [-0.4, -0.2) is 96.7 Å². The van der Waals surface area contributed by atoms with E-state index in [2.05, 4.69) is 48.5 Å². The summed E-state index contributed by atoms with van der Waals surface area (Å²) < 4.78 is 68.2. The number of phosphoric acid groups is 2. The molecule has 0 saturated heterocycles. The standard InChI is InChI=1S/C70H136O17P2/c1-8-10-11-12-13-14-15-16-17-18-19-20-21-26-29-39-46-53-69(74)86-65(57-80-67(72)51-44-37-28-25-23-22-24-27-36-43-50-63(7)9-2)59-84-88(76,77)82-55-64(71)56-83-89(78,79)85-60-66(87-70(75)54-47-40-33-31-35-42-49-62(5)6)58-81-68(73)52-45-38-32-30-34-41-48-61(3)4/h61-66,71H,8-60H2,1-7H3,(H,76,77)(H,78,79)/t63?,64-,65-,66-/m1/s1. The highest BCUT2D eigenvalue weighted by Gasteiger charge is 2.30. The average Bonchev–Trinajstić information content (AvgIpc) is 3.54. The van der Waals surface area contributed by atoms with Gasteiger partial charge in [0, 0.05) is 25.7 Å². The second-order valence-electron chi connectivity index (χ2n) is 26.5. The zero-order chi connectivity index (χ0) is 65.9. The van der Waals surface area contributed by atoms with Crippen molar-refractivity contribution in [2.24, 2.45) is 17.8 Å². The second-order valence-corrected chi connectivity index (χ2v) is 29.4. The molecule has 0 aromatic heterocycles. The zero-order valence-electron chi connectivity index (χ0n) is 57.9. The Balaban J connectivity index is 5.22. The Kier molecular flexibility index (Phi) is 59.6. The summed E-state index contributed by atoms with van der Waals surface area (Å²) in [6.07, 6.45) is 44.7. The largest absolute Gasteiger partial charge is 0.472 e. The van der Waals surface area contributed by atoms with E-state index in [1.165, 1.54) is 154 Å². The van der Waals surface area contributed by atoms with Gasteiger partial charge in [-0.25, -0.2) is 9.13 Å². The maximum absolute atomic E-state index is 13.0. The van der Waals surface area contributed by atoms with Crippen molar-refractivity contribution in [3.63, 3.8) is 0 Å². The highest BCUT2D eigenvalue weighted by molar-refractivity contribution is 7.47. The fraction of sp³-hybridized carbons (Fsp3) is 0.943. The van der Waals surface area contributed by atoms with E-state index in [-0.39, 0.29) is 25.7 Å². The van der Waals surface area contributed by atoms with Gasteiger partial charge in [0.15, 0.2) is 12.2 Å². The molecule has 0 aromatic carbocycles. The third-order valence-corrected chi connectivity index (χ3v) is 18.4. The van der Waals surface area contributed by atoms with Crippen molar-refractivity contribution >= 4 is 39.5 Å². The van der Waals surface area contributed by atoms with Gasteiger partial charge in [-0.3, -0.25) is 37.3 Å². The highest BCUT2D eigenvalue weighted by atomic mass is 31.2.